The minimum absolute atomic E-state index is 0.257. The first-order valence-corrected chi connectivity index (χ1v) is 7.19. The first-order chi connectivity index (χ1) is 10.5. The van der Waals surface area contributed by atoms with Gasteiger partial charge in [-0.25, -0.2) is 4.39 Å². The molecule has 3 nitrogen and oxygen atoms in total. The van der Waals surface area contributed by atoms with E-state index in [0.29, 0.717) is 17.7 Å². The van der Waals surface area contributed by atoms with Crippen LogP contribution in [0.4, 0.5) is 4.39 Å². The second kappa shape index (κ2) is 7.17. The summed E-state index contributed by atoms with van der Waals surface area (Å²) in [6.45, 7) is 4.14. The second-order valence-corrected chi connectivity index (χ2v) is 5.40. The van der Waals surface area contributed by atoms with Gasteiger partial charge in [0.2, 0.25) is 0 Å². The number of hydrogen-bond acceptors (Lipinski definition) is 3. The highest BCUT2D eigenvalue weighted by Gasteiger charge is 2.14. The zero-order chi connectivity index (χ0) is 16.1. The van der Waals surface area contributed by atoms with Crippen molar-refractivity contribution in [3.63, 3.8) is 0 Å². The quantitative estimate of drug-likeness (QED) is 0.889. The first-order valence-electron chi connectivity index (χ1n) is 7.19. The van der Waals surface area contributed by atoms with Crippen LogP contribution in [0.25, 0.3) is 0 Å². The Bertz CT molecular complexity index is 676. The van der Waals surface area contributed by atoms with Crippen molar-refractivity contribution in [1.29, 1.82) is 5.26 Å². The third kappa shape index (κ3) is 3.91. The average molecular weight is 298 g/mol. The van der Waals surface area contributed by atoms with E-state index < -0.39 is 11.9 Å². The maximum atomic E-state index is 13.9. The highest BCUT2D eigenvalue weighted by molar-refractivity contribution is 5.34. The number of benzene rings is 2. The molecule has 0 radical (unpaired) electrons. The van der Waals surface area contributed by atoms with Gasteiger partial charge >= 0.3 is 0 Å². The summed E-state index contributed by atoms with van der Waals surface area (Å²) in [6, 6.07) is 13.7. The molecule has 0 bridgehead atoms. The fourth-order valence-electron chi connectivity index (χ4n) is 2.25. The largest absolute Gasteiger partial charge is 0.387 e. The minimum Gasteiger partial charge on any atom is -0.387 e. The molecule has 2 unspecified atom stereocenters. The highest BCUT2D eigenvalue weighted by Crippen LogP contribution is 2.19. The van der Waals surface area contributed by atoms with Crippen LogP contribution in [0.3, 0.4) is 0 Å². The summed E-state index contributed by atoms with van der Waals surface area (Å²) in [7, 11) is 0. The van der Waals surface area contributed by atoms with E-state index in [1.165, 1.54) is 6.07 Å². The smallest absolute Gasteiger partial charge is 0.129 e. The number of halogens is 1. The molecule has 2 rings (SSSR count). The number of nitrogens with one attached hydrogen (secondary N) is 1. The summed E-state index contributed by atoms with van der Waals surface area (Å²) in [6.07, 6.45) is -0.649. The van der Waals surface area contributed by atoms with E-state index in [9.17, 15) is 9.50 Å². The molecule has 0 spiro atoms. The van der Waals surface area contributed by atoms with Gasteiger partial charge in [-0.2, -0.15) is 5.26 Å². The van der Waals surface area contributed by atoms with Crippen molar-refractivity contribution in [2.24, 2.45) is 0 Å². The molecule has 0 aromatic heterocycles. The van der Waals surface area contributed by atoms with E-state index in [4.69, 9.17) is 5.26 Å². The molecule has 22 heavy (non-hydrogen) atoms. The molecule has 0 aliphatic heterocycles. The molecule has 0 saturated carbocycles. The summed E-state index contributed by atoms with van der Waals surface area (Å²) in [4.78, 5) is 0. The van der Waals surface area contributed by atoms with Crippen LogP contribution in [0.15, 0.2) is 42.5 Å². The maximum absolute atomic E-state index is 13.9. The van der Waals surface area contributed by atoms with E-state index in [1.807, 2.05) is 44.2 Å². The van der Waals surface area contributed by atoms with Gasteiger partial charge in [0.25, 0.3) is 0 Å². The fourth-order valence-corrected chi connectivity index (χ4v) is 2.25. The molecule has 0 heterocycles. The average Bonchev–Trinajstić information content (AvgIpc) is 2.52. The molecule has 0 fully saturated rings. The summed E-state index contributed by atoms with van der Waals surface area (Å²) < 4.78 is 13.9. The van der Waals surface area contributed by atoms with Gasteiger partial charge in [0.05, 0.1) is 17.7 Å². The Morgan fingerprint density at radius 2 is 1.91 bits per heavy atom. The van der Waals surface area contributed by atoms with Gasteiger partial charge in [-0.1, -0.05) is 35.9 Å². The Labute approximate surface area is 130 Å². The summed E-state index contributed by atoms with van der Waals surface area (Å²) in [5.41, 5.74) is 2.74. The number of aryl methyl sites for hydroxylation is 1. The molecule has 2 aromatic carbocycles. The maximum Gasteiger partial charge on any atom is 0.129 e. The van der Waals surface area contributed by atoms with Gasteiger partial charge < -0.3 is 10.4 Å². The molecule has 4 heteroatoms. The number of nitriles is 1. The predicted molar refractivity (Wildman–Crippen MR) is 83.7 cm³/mol. The van der Waals surface area contributed by atoms with Gasteiger partial charge in [0.15, 0.2) is 0 Å². The molecule has 2 atom stereocenters. The van der Waals surface area contributed by atoms with Gasteiger partial charge in [0.1, 0.15) is 5.82 Å². The molecule has 2 N–H and O–H groups in total. The Morgan fingerprint density at radius 1 is 1.23 bits per heavy atom. The van der Waals surface area contributed by atoms with Crippen LogP contribution in [-0.4, -0.2) is 11.7 Å². The monoisotopic (exact) mass is 298 g/mol. The molecule has 0 saturated heterocycles. The first kappa shape index (κ1) is 16.2. The van der Waals surface area contributed by atoms with E-state index in [-0.39, 0.29) is 6.04 Å². The number of aliphatic hydroxyl groups is 1. The van der Waals surface area contributed by atoms with Crippen molar-refractivity contribution in [1.82, 2.24) is 5.32 Å². The molecule has 2 aromatic rings. The van der Waals surface area contributed by atoms with Crippen LogP contribution in [0.5, 0.6) is 0 Å². The summed E-state index contributed by atoms with van der Waals surface area (Å²) >= 11 is 0. The van der Waals surface area contributed by atoms with Gasteiger partial charge in [-0.3, -0.25) is 0 Å². The normalized spacial score (nSPS) is 13.4. The predicted octanol–water partition coefficient (Wildman–Crippen LogP) is 3.39. The van der Waals surface area contributed by atoms with Crippen molar-refractivity contribution in [3.8, 4) is 6.07 Å². The van der Waals surface area contributed by atoms with Crippen molar-refractivity contribution in [2.45, 2.75) is 26.0 Å². The van der Waals surface area contributed by atoms with E-state index in [1.54, 1.807) is 12.1 Å². The molecular formula is C18H19FN2O. The number of nitrogens with zero attached hydrogens (tertiary/aromatic N) is 1. The highest BCUT2D eigenvalue weighted by atomic mass is 19.1. The number of hydrogen-bond donors (Lipinski definition) is 2. The second-order valence-electron chi connectivity index (χ2n) is 5.40. The van der Waals surface area contributed by atoms with Crippen LogP contribution < -0.4 is 5.32 Å². The Balaban J connectivity index is 1.99. The van der Waals surface area contributed by atoms with Crippen LogP contribution in [0, 0.1) is 24.1 Å². The van der Waals surface area contributed by atoms with Crippen molar-refractivity contribution >= 4 is 0 Å². The van der Waals surface area contributed by atoms with Crippen LogP contribution in [0.1, 0.15) is 41.3 Å². The number of aliphatic hydroxyl groups excluding tert-OH is 1. The minimum atomic E-state index is -0.649. The van der Waals surface area contributed by atoms with Crippen LogP contribution >= 0.6 is 0 Å². The lowest BCUT2D eigenvalue weighted by atomic mass is 10.0. The Hall–Kier alpha value is -2.22. The molecule has 0 amide bonds. The van der Waals surface area contributed by atoms with E-state index >= 15 is 0 Å². The lowest BCUT2D eigenvalue weighted by Crippen LogP contribution is -2.25. The molecule has 0 aliphatic carbocycles. The number of rotatable bonds is 5. The van der Waals surface area contributed by atoms with Gasteiger partial charge in [0, 0.05) is 18.2 Å². The lowest BCUT2D eigenvalue weighted by Gasteiger charge is -2.18. The van der Waals surface area contributed by atoms with E-state index in [2.05, 4.69) is 5.32 Å². The topological polar surface area (TPSA) is 56.0 Å². The van der Waals surface area contributed by atoms with Crippen LogP contribution in [0.2, 0.25) is 0 Å². The Morgan fingerprint density at radius 3 is 2.50 bits per heavy atom. The lowest BCUT2D eigenvalue weighted by molar-refractivity contribution is 0.170. The van der Waals surface area contributed by atoms with E-state index in [0.717, 1.165) is 11.1 Å². The van der Waals surface area contributed by atoms with Gasteiger partial charge in [-0.05, 0) is 31.5 Å². The summed E-state index contributed by atoms with van der Waals surface area (Å²) in [5, 5.41) is 22.0. The standard InChI is InChI=1S/C18H19FN2O/c1-12-3-6-15(7-4-12)18(22)11-21-13(2)16-8-5-14(10-20)9-17(16)19/h3-9,13,18,21-22H,11H2,1-2H3. The molecule has 0 aliphatic rings. The van der Waals surface area contributed by atoms with Gasteiger partial charge in [-0.15, -0.1) is 0 Å². The third-order valence-corrected chi connectivity index (χ3v) is 3.68. The summed E-state index contributed by atoms with van der Waals surface area (Å²) in [5.74, 6) is -0.413. The SMILES string of the molecule is Cc1ccc(C(O)CNC(C)c2ccc(C#N)cc2F)cc1. The fraction of sp³-hybridized carbons (Fsp3) is 0.278. The Kier molecular flexibility index (Phi) is 5.26. The van der Waals surface area contributed by atoms with Crippen molar-refractivity contribution in [3.05, 3.63) is 70.5 Å². The van der Waals surface area contributed by atoms with Crippen molar-refractivity contribution in [2.75, 3.05) is 6.54 Å². The van der Waals surface area contributed by atoms with Crippen molar-refractivity contribution < 1.29 is 9.50 Å². The zero-order valence-corrected chi connectivity index (χ0v) is 12.7. The molecular weight excluding hydrogens is 279 g/mol. The van der Waals surface area contributed by atoms with Crippen LogP contribution in [-0.2, 0) is 0 Å². The molecule has 114 valence electrons. The zero-order valence-electron chi connectivity index (χ0n) is 12.7. The third-order valence-electron chi connectivity index (χ3n) is 3.68.